The fourth-order valence-corrected chi connectivity index (χ4v) is 2.13. The van der Waals surface area contributed by atoms with Crippen LogP contribution in [-0.2, 0) is 0 Å². The van der Waals surface area contributed by atoms with Gasteiger partial charge in [0.05, 0.1) is 5.56 Å². The monoisotopic (exact) mass is 260 g/mol. The third-order valence-corrected chi connectivity index (χ3v) is 3.30. The molecule has 0 radical (unpaired) electrons. The molecule has 1 aliphatic rings. The van der Waals surface area contributed by atoms with Crippen LogP contribution in [0.15, 0.2) is 4.42 Å². The summed E-state index contributed by atoms with van der Waals surface area (Å²) >= 11 is 0. The zero-order chi connectivity index (χ0) is 13.7. The van der Waals surface area contributed by atoms with Gasteiger partial charge in [-0.3, -0.25) is 0 Å². The van der Waals surface area contributed by atoms with Crippen LogP contribution in [-0.4, -0.2) is 16.1 Å². The molecule has 5 nitrogen and oxygen atoms in total. The Bertz CT molecular complexity index is 754. The van der Waals surface area contributed by atoms with Crippen LogP contribution in [0.2, 0.25) is 0 Å². The molecule has 1 aliphatic carbocycles. The van der Waals surface area contributed by atoms with Gasteiger partial charge in [0.15, 0.2) is 17.3 Å². The fourth-order valence-electron chi connectivity index (χ4n) is 2.13. The summed E-state index contributed by atoms with van der Waals surface area (Å²) in [5.74, 6) is -1.84. The molecule has 0 atom stereocenters. The summed E-state index contributed by atoms with van der Waals surface area (Å²) in [5.41, 5.74) is -0.506. The van der Waals surface area contributed by atoms with Crippen molar-refractivity contribution in [3.63, 3.8) is 0 Å². The lowest BCUT2D eigenvalue weighted by atomic mass is 10.0. The highest BCUT2D eigenvalue weighted by molar-refractivity contribution is 5.97. The van der Waals surface area contributed by atoms with Gasteiger partial charge in [-0.25, -0.2) is 14.2 Å². The van der Waals surface area contributed by atoms with Gasteiger partial charge < -0.3 is 9.52 Å². The number of hydrogen-bond acceptors (Lipinski definition) is 4. The normalized spacial score (nSPS) is 14.6. The van der Waals surface area contributed by atoms with E-state index in [9.17, 15) is 9.18 Å². The standard InChI is InChI=1S/C13H9FN2O3/c1-5-7(4-15)10-11(9(14)8(5)13(17)18)19-12(16-10)6-2-3-6/h6H,2-3H2,1H3,(H,17,18). The molecule has 3 rings (SSSR count). The molecule has 1 N–H and O–H groups in total. The van der Waals surface area contributed by atoms with Crippen LogP contribution >= 0.6 is 0 Å². The topological polar surface area (TPSA) is 87.1 Å². The molecule has 0 unspecified atom stereocenters. The Morgan fingerprint density at radius 2 is 2.26 bits per heavy atom. The molecule has 19 heavy (non-hydrogen) atoms. The summed E-state index contributed by atoms with van der Waals surface area (Å²) in [4.78, 5) is 15.2. The smallest absolute Gasteiger partial charge is 0.339 e. The molecule has 6 heteroatoms. The van der Waals surface area contributed by atoms with E-state index >= 15 is 0 Å². The number of oxazole rings is 1. The zero-order valence-corrected chi connectivity index (χ0v) is 10.0. The Balaban J connectivity index is 2.41. The van der Waals surface area contributed by atoms with Gasteiger partial charge in [0.1, 0.15) is 17.1 Å². The number of aromatic carboxylic acids is 1. The number of hydrogen-bond donors (Lipinski definition) is 1. The Labute approximate surface area is 107 Å². The number of benzene rings is 1. The fraction of sp³-hybridized carbons (Fsp3) is 0.308. The lowest BCUT2D eigenvalue weighted by Crippen LogP contribution is -2.06. The van der Waals surface area contributed by atoms with Gasteiger partial charge in [-0.2, -0.15) is 5.26 Å². The molecule has 0 saturated heterocycles. The highest BCUT2D eigenvalue weighted by Crippen LogP contribution is 2.42. The van der Waals surface area contributed by atoms with Gasteiger partial charge in [0.2, 0.25) is 0 Å². The van der Waals surface area contributed by atoms with Crippen LogP contribution in [0.25, 0.3) is 11.1 Å². The largest absolute Gasteiger partial charge is 0.478 e. The maximum absolute atomic E-state index is 14.2. The van der Waals surface area contributed by atoms with E-state index in [1.807, 2.05) is 6.07 Å². The van der Waals surface area contributed by atoms with E-state index in [-0.39, 0.29) is 28.1 Å². The van der Waals surface area contributed by atoms with Crippen LogP contribution in [0.5, 0.6) is 0 Å². The molecule has 0 bridgehead atoms. The first kappa shape index (κ1) is 11.7. The number of fused-ring (bicyclic) bond motifs is 1. The van der Waals surface area contributed by atoms with Crippen molar-refractivity contribution >= 4 is 17.1 Å². The predicted octanol–water partition coefficient (Wildman–Crippen LogP) is 2.72. The number of aromatic nitrogens is 1. The van der Waals surface area contributed by atoms with E-state index in [1.165, 1.54) is 6.92 Å². The van der Waals surface area contributed by atoms with Gasteiger partial charge in [0.25, 0.3) is 0 Å². The average molecular weight is 260 g/mol. The Hall–Kier alpha value is -2.42. The van der Waals surface area contributed by atoms with Gasteiger partial charge in [-0.05, 0) is 25.3 Å². The van der Waals surface area contributed by atoms with Crippen LogP contribution in [0.4, 0.5) is 4.39 Å². The summed E-state index contributed by atoms with van der Waals surface area (Å²) in [7, 11) is 0. The van der Waals surface area contributed by atoms with Crippen molar-refractivity contribution in [3.05, 3.63) is 28.4 Å². The minimum absolute atomic E-state index is 0.0597. The number of carboxylic acids is 1. The Morgan fingerprint density at radius 1 is 1.58 bits per heavy atom. The molecular formula is C13H9FN2O3. The first-order valence-corrected chi connectivity index (χ1v) is 5.80. The minimum Gasteiger partial charge on any atom is -0.478 e. The van der Waals surface area contributed by atoms with Gasteiger partial charge in [-0.15, -0.1) is 0 Å². The summed E-state index contributed by atoms with van der Waals surface area (Å²) in [6.45, 7) is 1.40. The molecule has 96 valence electrons. The number of rotatable bonds is 2. The number of carbonyl (C=O) groups is 1. The zero-order valence-electron chi connectivity index (χ0n) is 10.0. The second-order valence-electron chi connectivity index (χ2n) is 4.61. The summed E-state index contributed by atoms with van der Waals surface area (Å²) in [6, 6.07) is 1.88. The van der Waals surface area contributed by atoms with E-state index in [0.29, 0.717) is 5.89 Å². The predicted molar refractivity (Wildman–Crippen MR) is 62.4 cm³/mol. The maximum atomic E-state index is 14.2. The molecule has 2 aromatic rings. The van der Waals surface area contributed by atoms with Crippen molar-refractivity contribution < 1.29 is 18.7 Å². The van der Waals surface area contributed by atoms with Crippen LogP contribution in [0, 0.1) is 24.1 Å². The lowest BCUT2D eigenvalue weighted by molar-refractivity contribution is 0.0691. The van der Waals surface area contributed by atoms with Crippen molar-refractivity contribution in [1.29, 1.82) is 5.26 Å². The van der Waals surface area contributed by atoms with Crippen molar-refractivity contribution in [3.8, 4) is 6.07 Å². The number of carboxylic acid groups (broad SMARTS) is 1. The average Bonchev–Trinajstić information content (AvgIpc) is 3.10. The van der Waals surface area contributed by atoms with E-state index in [4.69, 9.17) is 14.8 Å². The van der Waals surface area contributed by atoms with Crippen molar-refractivity contribution in [1.82, 2.24) is 4.98 Å². The van der Waals surface area contributed by atoms with E-state index in [1.54, 1.807) is 0 Å². The first-order valence-electron chi connectivity index (χ1n) is 5.80. The number of nitriles is 1. The van der Waals surface area contributed by atoms with Crippen molar-refractivity contribution in [2.24, 2.45) is 0 Å². The molecule has 0 spiro atoms. The second kappa shape index (κ2) is 3.79. The van der Waals surface area contributed by atoms with Crippen LogP contribution in [0.3, 0.4) is 0 Å². The summed E-state index contributed by atoms with van der Waals surface area (Å²) in [6.07, 6.45) is 1.84. The molecule has 1 saturated carbocycles. The SMILES string of the molecule is Cc1c(C(=O)O)c(F)c2oc(C3CC3)nc2c1C#N. The number of nitrogens with zero attached hydrogens (tertiary/aromatic N) is 2. The second-order valence-corrected chi connectivity index (χ2v) is 4.61. The third kappa shape index (κ3) is 1.58. The van der Waals surface area contributed by atoms with E-state index < -0.39 is 17.3 Å². The molecule has 0 amide bonds. The van der Waals surface area contributed by atoms with Crippen LogP contribution in [0.1, 0.15) is 46.1 Å². The van der Waals surface area contributed by atoms with Gasteiger partial charge in [-0.1, -0.05) is 0 Å². The number of halogens is 1. The van der Waals surface area contributed by atoms with E-state index in [2.05, 4.69) is 4.98 Å². The minimum atomic E-state index is -1.42. The molecule has 0 aliphatic heterocycles. The quantitative estimate of drug-likeness (QED) is 0.896. The first-order chi connectivity index (χ1) is 9.04. The summed E-state index contributed by atoms with van der Waals surface area (Å²) in [5, 5.41) is 18.2. The third-order valence-electron chi connectivity index (χ3n) is 3.30. The van der Waals surface area contributed by atoms with Crippen molar-refractivity contribution in [2.75, 3.05) is 0 Å². The molecule has 1 heterocycles. The Kier molecular flexibility index (Phi) is 2.32. The highest BCUT2D eigenvalue weighted by atomic mass is 19.1. The Morgan fingerprint density at radius 3 is 2.79 bits per heavy atom. The molecular weight excluding hydrogens is 251 g/mol. The van der Waals surface area contributed by atoms with Gasteiger partial charge >= 0.3 is 5.97 Å². The summed E-state index contributed by atoms with van der Waals surface area (Å²) < 4.78 is 19.5. The highest BCUT2D eigenvalue weighted by Gasteiger charge is 2.32. The van der Waals surface area contributed by atoms with Gasteiger partial charge in [0, 0.05) is 5.92 Å². The molecule has 1 aromatic carbocycles. The molecule has 1 aromatic heterocycles. The molecule has 1 fully saturated rings. The van der Waals surface area contributed by atoms with Crippen molar-refractivity contribution in [2.45, 2.75) is 25.7 Å². The van der Waals surface area contributed by atoms with E-state index in [0.717, 1.165) is 12.8 Å². The van der Waals surface area contributed by atoms with Crippen LogP contribution < -0.4 is 0 Å². The lowest BCUT2D eigenvalue weighted by Gasteiger charge is -2.04. The maximum Gasteiger partial charge on any atom is 0.339 e.